The van der Waals surface area contributed by atoms with Gasteiger partial charge in [-0.15, -0.1) is 0 Å². The fourth-order valence-corrected chi connectivity index (χ4v) is 2.04. The van der Waals surface area contributed by atoms with E-state index in [1.807, 2.05) is 0 Å². The zero-order chi connectivity index (χ0) is 12.4. The number of rotatable bonds is 2. The highest BCUT2D eigenvalue weighted by molar-refractivity contribution is 9.10. The van der Waals surface area contributed by atoms with Crippen molar-refractivity contribution in [1.29, 1.82) is 0 Å². The van der Waals surface area contributed by atoms with Gasteiger partial charge < -0.3 is 4.74 Å². The molecule has 0 aliphatic heterocycles. The van der Waals surface area contributed by atoms with Gasteiger partial charge in [-0.1, -0.05) is 23.2 Å². The molecule has 17 heavy (non-hydrogen) atoms. The molecule has 0 saturated carbocycles. The number of hydrogen-bond donors (Lipinski definition) is 0. The van der Waals surface area contributed by atoms with Crippen molar-refractivity contribution in [2.24, 2.45) is 0 Å². The highest BCUT2D eigenvalue weighted by Crippen LogP contribution is 2.36. The Morgan fingerprint density at radius 3 is 2.59 bits per heavy atom. The van der Waals surface area contributed by atoms with Gasteiger partial charge >= 0.3 is 0 Å². The Kier molecular flexibility index (Phi) is 4.09. The van der Waals surface area contributed by atoms with Crippen molar-refractivity contribution < 1.29 is 4.74 Å². The average molecular weight is 354 g/mol. The summed E-state index contributed by atoms with van der Waals surface area (Å²) in [6.07, 6.45) is 1.49. The van der Waals surface area contributed by atoms with Crippen LogP contribution >= 0.6 is 50.7 Å². The lowest BCUT2D eigenvalue weighted by molar-refractivity contribution is 0.462. The molecule has 0 radical (unpaired) electrons. The fraction of sp³-hybridized carbons (Fsp3) is 0. The summed E-state index contributed by atoms with van der Waals surface area (Å²) in [5.74, 6) is 0.694. The van der Waals surface area contributed by atoms with Crippen LogP contribution in [0.4, 0.5) is 0 Å². The third-order valence-corrected chi connectivity index (χ3v) is 3.46. The summed E-state index contributed by atoms with van der Waals surface area (Å²) >= 11 is 20.8. The molecule has 3 nitrogen and oxygen atoms in total. The molecule has 88 valence electrons. The fourth-order valence-electron chi connectivity index (χ4n) is 1.07. The van der Waals surface area contributed by atoms with E-state index >= 15 is 0 Å². The maximum absolute atomic E-state index is 6.00. The Bertz CT molecular complexity index is 565. The Balaban J connectivity index is 2.33. The molecule has 2 rings (SSSR count). The molecular formula is C10H4BrCl3N2O. The zero-order valence-electron chi connectivity index (χ0n) is 8.12. The summed E-state index contributed by atoms with van der Waals surface area (Å²) in [5, 5.41) is 1.00. The molecule has 0 amide bonds. The van der Waals surface area contributed by atoms with E-state index in [1.54, 1.807) is 18.2 Å². The second-order valence-electron chi connectivity index (χ2n) is 2.96. The topological polar surface area (TPSA) is 35.0 Å². The smallest absolute Gasteiger partial charge is 0.225 e. The maximum atomic E-state index is 6.00. The largest absolute Gasteiger partial charge is 0.437 e. The number of nitrogens with zero attached hydrogens (tertiary/aromatic N) is 2. The number of hydrogen-bond acceptors (Lipinski definition) is 3. The minimum Gasteiger partial charge on any atom is -0.437 e. The van der Waals surface area contributed by atoms with E-state index in [0.29, 0.717) is 26.1 Å². The van der Waals surface area contributed by atoms with Gasteiger partial charge in [0.1, 0.15) is 5.75 Å². The first-order valence-electron chi connectivity index (χ1n) is 4.37. The molecule has 0 saturated heterocycles. The normalized spacial score (nSPS) is 10.4. The summed E-state index contributed by atoms with van der Waals surface area (Å²) in [7, 11) is 0. The lowest BCUT2D eigenvalue weighted by Gasteiger charge is -2.07. The molecular weight excluding hydrogens is 350 g/mol. The summed E-state index contributed by atoms with van der Waals surface area (Å²) in [4.78, 5) is 7.62. The first kappa shape index (κ1) is 12.9. The van der Waals surface area contributed by atoms with E-state index in [2.05, 4.69) is 25.9 Å². The highest BCUT2D eigenvalue weighted by Gasteiger charge is 2.08. The molecule has 7 heteroatoms. The van der Waals surface area contributed by atoms with Crippen LogP contribution in [0.1, 0.15) is 0 Å². The molecule has 0 atom stereocenters. The van der Waals surface area contributed by atoms with Gasteiger partial charge in [-0.05, 0) is 33.6 Å². The number of aromatic nitrogens is 2. The number of halogens is 4. The van der Waals surface area contributed by atoms with E-state index in [9.17, 15) is 0 Å². The van der Waals surface area contributed by atoms with Crippen molar-refractivity contribution in [2.75, 3.05) is 0 Å². The Morgan fingerprint density at radius 1 is 1.12 bits per heavy atom. The monoisotopic (exact) mass is 352 g/mol. The predicted octanol–water partition coefficient (Wildman–Crippen LogP) is 4.99. The van der Waals surface area contributed by atoms with Crippen LogP contribution in [0.3, 0.4) is 0 Å². The van der Waals surface area contributed by atoms with Gasteiger partial charge in [0, 0.05) is 22.8 Å². The highest BCUT2D eigenvalue weighted by atomic mass is 79.9. The molecule has 0 unspecified atom stereocenters. The molecule has 0 aliphatic rings. The van der Waals surface area contributed by atoms with Gasteiger partial charge in [-0.25, -0.2) is 4.98 Å². The first-order valence-corrected chi connectivity index (χ1v) is 6.30. The standard InChI is InChI=1S/C10H4BrCl3N2O/c11-5-3-7(13)8(4-6(5)12)17-9-1-2-15-10(14)16-9/h1-4H. The van der Waals surface area contributed by atoms with Crippen molar-refractivity contribution >= 4 is 50.7 Å². The van der Waals surface area contributed by atoms with Crippen LogP contribution in [-0.2, 0) is 0 Å². The van der Waals surface area contributed by atoms with Gasteiger partial charge in [0.2, 0.25) is 11.2 Å². The second kappa shape index (κ2) is 5.40. The van der Waals surface area contributed by atoms with E-state index in [0.717, 1.165) is 0 Å². The molecule has 1 heterocycles. The second-order valence-corrected chi connectivity index (χ2v) is 4.97. The summed E-state index contributed by atoms with van der Waals surface area (Å²) in [6, 6.07) is 4.80. The van der Waals surface area contributed by atoms with E-state index < -0.39 is 0 Å². The van der Waals surface area contributed by atoms with Crippen molar-refractivity contribution in [3.8, 4) is 11.6 Å². The lowest BCUT2D eigenvalue weighted by atomic mass is 10.3. The van der Waals surface area contributed by atoms with Crippen LogP contribution < -0.4 is 4.74 Å². The third kappa shape index (κ3) is 3.22. The maximum Gasteiger partial charge on any atom is 0.225 e. The van der Waals surface area contributed by atoms with Crippen molar-refractivity contribution in [3.05, 3.63) is 44.2 Å². The van der Waals surface area contributed by atoms with Gasteiger partial charge in [0.25, 0.3) is 0 Å². The molecule has 0 aliphatic carbocycles. The minimum absolute atomic E-state index is 0.0989. The molecule has 2 aromatic rings. The number of ether oxygens (including phenoxy) is 1. The quantitative estimate of drug-likeness (QED) is 0.563. The number of benzene rings is 1. The molecule has 0 spiro atoms. The lowest BCUT2D eigenvalue weighted by Crippen LogP contribution is -1.90. The summed E-state index contributed by atoms with van der Waals surface area (Å²) in [6.45, 7) is 0. The SMILES string of the molecule is Clc1nccc(Oc2cc(Cl)c(Br)cc2Cl)n1. The first-order chi connectivity index (χ1) is 8.06. The summed E-state index contributed by atoms with van der Waals surface area (Å²) < 4.78 is 6.14. The summed E-state index contributed by atoms with van der Waals surface area (Å²) in [5.41, 5.74) is 0. The van der Waals surface area contributed by atoms with Crippen LogP contribution in [0, 0.1) is 0 Å². The molecule has 1 aromatic carbocycles. The third-order valence-electron chi connectivity index (χ3n) is 1.79. The van der Waals surface area contributed by atoms with Gasteiger partial charge in [-0.3, -0.25) is 0 Å². The Labute approximate surface area is 121 Å². The van der Waals surface area contributed by atoms with Gasteiger partial charge in [0.05, 0.1) is 10.0 Å². The van der Waals surface area contributed by atoms with Crippen LogP contribution in [0.5, 0.6) is 11.6 Å². The van der Waals surface area contributed by atoms with E-state index in [4.69, 9.17) is 39.5 Å². The van der Waals surface area contributed by atoms with Crippen molar-refractivity contribution in [3.63, 3.8) is 0 Å². The molecule has 0 fully saturated rings. The van der Waals surface area contributed by atoms with Crippen LogP contribution in [0.2, 0.25) is 15.3 Å². The van der Waals surface area contributed by atoms with Crippen molar-refractivity contribution in [1.82, 2.24) is 9.97 Å². The minimum atomic E-state index is 0.0989. The molecule has 0 N–H and O–H groups in total. The zero-order valence-corrected chi connectivity index (χ0v) is 12.0. The molecule has 1 aromatic heterocycles. The van der Waals surface area contributed by atoms with Gasteiger partial charge in [0.15, 0.2) is 0 Å². The van der Waals surface area contributed by atoms with Crippen LogP contribution in [0.25, 0.3) is 0 Å². The molecule has 0 bridgehead atoms. The Hall–Kier alpha value is -0.550. The van der Waals surface area contributed by atoms with Crippen LogP contribution in [-0.4, -0.2) is 9.97 Å². The predicted molar refractivity (Wildman–Crippen MR) is 71.3 cm³/mol. The van der Waals surface area contributed by atoms with Crippen molar-refractivity contribution in [2.45, 2.75) is 0 Å². The average Bonchev–Trinajstić information content (AvgIpc) is 2.26. The van der Waals surface area contributed by atoms with E-state index in [-0.39, 0.29) is 5.28 Å². The van der Waals surface area contributed by atoms with Crippen LogP contribution in [0.15, 0.2) is 28.9 Å². The Morgan fingerprint density at radius 2 is 1.88 bits per heavy atom. The van der Waals surface area contributed by atoms with Gasteiger partial charge in [-0.2, -0.15) is 4.98 Å². The van der Waals surface area contributed by atoms with E-state index in [1.165, 1.54) is 6.20 Å².